The van der Waals surface area contributed by atoms with Crippen molar-refractivity contribution in [3.05, 3.63) is 79.0 Å². The molecular formula is C32H42N4. The fourth-order valence-electron chi connectivity index (χ4n) is 6.54. The number of nitrogens with one attached hydrogen (secondary N) is 4. The molecule has 3 aliphatic heterocycles. The molecule has 8 bridgehead atoms. The van der Waals surface area contributed by atoms with E-state index in [1.807, 2.05) is 0 Å². The van der Waals surface area contributed by atoms with E-state index < -0.39 is 0 Å². The average Bonchev–Trinajstić information content (AvgIpc) is 3.62. The third-order valence-corrected chi connectivity index (χ3v) is 8.20. The van der Waals surface area contributed by atoms with Crippen LogP contribution in [0.5, 0.6) is 0 Å². The molecule has 5 rings (SSSR count). The topological polar surface area (TPSA) is 55.6 Å². The van der Waals surface area contributed by atoms with Gasteiger partial charge in [-0.05, 0) is 102 Å². The summed E-state index contributed by atoms with van der Waals surface area (Å²) in [5, 5.41) is 10.2. The predicted octanol–water partition coefficient (Wildman–Crippen LogP) is 5.17. The molecular weight excluding hydrogens is 440 g/mol. The van der Waals surface area contributed by atoms with Gasteiger partial charge in [0, 0.05) is 33.5 Å². The maximum atomic E-state index is 3.92. The fourth-order valence-corrected chi connectivity index (χ4v) is 6.54. The van der Waals surface area contributed by atoms with Crippen molar-refractivity contribution in [1.82, 2.24) is 20.6 Å². The summed E-state index contributed by atoms with van der Waals surface area (Å²) in [6, 6.07) is 0.400. The SMILES string of the molecule is CCC1=C(CC)C2/C=c3\[nH]/c(c(CC)c3CC)=C\C3C=C/C(=C/c4[nH]c(c(CC)c4CC)/C=C/1N2)N3. The van der Waals surface area contributed by atoms with Gasteiger partial charge in [-0.15, -0.1) is 0 Å². The zero-order valence-electron chi connectivity index (χ0n) is 22.9. The maximum absolute atomic E-state index is 3.92. The lowest BCUT2D eigenvalue weighted by Crippen LogP contribution is -2.26. The molecule has 4 N–H and O–H groups in total. The standard InChI is InChI=1S/C32H42N4/c1-7-21-23(9-3)29-17-31-25(11-5)26(12-6)32(36-31)18-30-24(10-4)22(8-2)28(35-30)16-20-14-13-19(33-20)15-27(21)34-29/h13-19,31,33-36H,7-12H2,1-6H3/b20-16-,27-15-,29-17-,32-18-. The number of H-pyrrole nitrogens is 2. The molecule has 4 nitrogen and oxygen atoms in total. The highest BCUT2D eigenvalue weighted by Crippen LogP contribution is 2.33. The van der Waals surface area contributed by atoms with Crippen molar-refractivity contribution in [3.63, 3.8) is 0 Å². The van der Waals surface area contributed by atoms with Crippen LogP contribution in [0.3, 0.4) is 0 Å². The second-order valence-electron chi connectivity index (χ2n) is 10.1. The fraction of sp³-hybridized carbons (Fsp3) is 0.438. The van der Waals surface area contributed by atoms with Crippen molar-refractivity contribution in [3.8, 4) is 0 Å². The first-order valence-electron chi connectivity index (χ1n) is 14.1. The van der Waals surface area contributed by atoms with Gasteiger partial charge >= 0.3 is 0 Å². The molecule has 5 heterocycles. The summed E-state index contributed by atoms with van der Waals surface area (Å²) < 4.78 is 0. The quantitative estimate of drug-likeness (QED) is 0.459. The van der Waals surface area contributed by atoms with E-state index in [0.717, 1.165) is 44.2 Å². The van der Waals surface area contributed by atoms with Gasteiger partial charge in [0.15, 0.2) is 0 Å². The van der Waals surface area contributed by atoms with E-state index in [9.17, 15) is 0 Å². The first kappa shape index (κ1) is 24.5. The van der Waals surface area contributed by atoms with Gasteiger partial charge in [0.25, 0.3) is 0 Å². The highest BCUT2D eigenvalue weighted by molar-refractivity contribution is 5.69. The zero-order chi connectivity index (χ0) is 25.4. The molecule has 2 atom stereocenters. The second-order valence-corrected chi connectivity index (χ2v) is 10.1. The molecule has 2 aromatic heterocycles. The molecule has 0 radical (unpaired) electrons. The average molecular weight is 483 g/mol. The van der Waals surface area contributed by atoms with Crippen LogP contribution in [0.2, 0.25) is 0 Å². The van der Waals surface area contributed by atoms with Crippen molar-refractivity contribution in [2.24, 2.45) is 0 Å². The van der Waals surface area contributed by atoms with E-state index in [1.165, 1.54) is 61.2 Å². The lowest BCUT2D eigenvalue weighted by Gasteiger charge is -2.11. The van der Waals surface area contributed by atoms with E-state index in [1.54, 1.807) is 0 Å². The van der Waals surface area contributed by atoms with E-state index in [2.05, 4.69) is 98.6 Å². The molecule has 190 valence electrons. The molecule has 2 unspecified atom stereocenters. The Balaban J connectivity index is 1.79. The lowest BCUT2D eigenvalue weighted by atomic mass is 9.98. The number of rotatable bonds is 6. The lowest BCUT2D eigenvalue weighted by molar-refractivity contribution is 0.814. The molecule has 0 aliphatic carbocycles. The predicted molar refractivity (Wildman–Crippen MR) is 154 cm³/mol. The summed E-state index contributed by atoms with van der Waals surface area (Å²) in [7, 11) is 0. The maximum Gasteiger partial charge on any atom is 0.0687 e. The van der Waals surface area contributed by atoms with Crippen molar-refractivity contribution >= 4 is 24.3 Å². The van der Waals surface area contributed by atoms with Crippen molar-refractivity contribution in [2.45, 2.75) is 92.2 Å². The van der Waals surface area contributed by atoms with Crippen LogP contribution >= 0.6 is 0 Å². The van der Waals surface area contributed by atoms with Gasteiger partial charge in [0.2, 0.25) is 0 Å². The van der Waals surface area contributed by atoms with Crippen molar-refractivity contribution in [1.29, 1.82) is 0 Å². The van der Waals surface area contributed by atoms with Gasteiger partial charge in [-0.2, -0.15) is 0 Å². The van der Waals surface area contributed by atoms with Gasteiger partial charge in [0.05, 0.1) is 12.1 Å². The Kier molecular flexibility index (Phi) is 6.87. The second kappa shape index (κ2) is 10.1. The number of allylic oxidation sites excluding steroid dienone is 2. The third kappa shape index (κ3) is 4.11. The van der Waals surface area contributed by atoms with Gasteiger partial charge in [0.1, 0.15) is 0 Å². The van der Waals surface area contributed by atoms with Crippen LogP contribution in [0.25, 0.3) is 24.3 Å². The van der Waals surface area contributed by atoms with Crippen LogP contribution < -0.4 is 21.3 Å². The van der Waals surface area contributed by atoms with Crippen LogP contribution in [0, 0.1) is 0 Å². The van der Waals surface area contributed by atoms with Crippen LogP contribution in [-0.2, 0) is 25.7 Å². The number of hydrogen-bond donors (Lipinski definition) is 4. The Hall–Kier alpha value is -3.14. The van der Waals surface area contributed by atoms with E-state index in [-0.39, 0.29) is 12.1 Å². The Bertz CT molecular complexity index is 1400. The minimum atomic E-state index is 0.185. The van der Waals surface area contributed by atoms with Crippen molar-refractivity contribution < 1.29 is 0 Å². The molecule has 4 heteroatoms. The number of hydrogen-bond acceptors (Lipinski definition) is 2. The highest BCUT2D eigenvalue weighted by Gasteiger charge is 2.26. The van der Waals surface area contributed by atoms with Crippen molar-refractivity contribution in [2.75, 3.05) is 0 Å². The van der Waals surface area contributed by atoms with Crippen LogP contribution in [0.1, 0.15) is 88.0 Å². The summed E-state index contributed by atoms with van der Waals surface area (Å²) in [6.45, 7) is 13.7. The molecule has 0 amide bonds. The Morgan fingerprint density at radius 1 is 0.639 bits per heavy atom. The van der Waals surface area contributed by atoms with E-state index in [0.29, 0.717) is 0 Å². The number of aromatic amines is 2. The summed E-state index contributed by atoms with van der Waals surface area (Å²) in [6.07, 6.45) is 20.2. The van der Waals surface area contributed by atoms with Crippen LogP contribution in [0.4, 0.5) is 0 Å². The smallest absolute Gasteiger partial charge is 0.0687 e. The molecule has 3 aliphatic rings. The number of aromatic nitrogens is 2. The van der Waals surface area contributed by atoms with E-state index >= 15 is 0 Å². The first-order chi connectivity index (χ1) is 17.5. The Morgan fingerprint density at radius 2 is 1.28 bits per heavy atom. The molecule has 0 aromatic carbocycles. The zero-order valence-corrected chi connectivity index (χ0v) is 22.9. The molecule has 2 aromatic rings. The summed E-state index contributed by atoms with van der Waals surface area (Å²) >= 11 is 0. The minimum absolute atomic E-state index is 0.185. The first-order valence-corrected chi connectivity index (χ1v) is 14.1. The van der Waals surface area contributed by atoms with Gasteiger partial charge in [-0.3, -0.25) is 0 Å². The molecule has 36 heavy (non-hydrogen) atoms. The molecule has 0 saturated heterocycles. The summed E-state index contributed by atoms with van der Waals surface area (Å²) in [5.41, 5.74) is 13.6. The molecule has 0 saturated carbocycles. The van der Waals surface area contributed by atoms with Gasteiger partial charge in [-0.25, -0.2) is 0 Å². The third-order valence-electron chi connectivity index (χ3n) is 8.20. The van der Waals surface area contributed by atoms with E-state index in [4.69, 9.17) is 0 Å². The summed E-state index contributed by atoms with van der Waals surface area (Å²) in [5.74, 6) is 0. The summed E-state index contributed by atoms with van der Waals surface area (Å²) in [4.78, 5) is 7.62. The Labute approximate surface area is 216 Å². The molecule has 0 spiro atoms. The van der Waals surface area contributed by atoms with Crippen LogP contribution in [0.15, 0.2) is 34.7 Å². The Morgan fingerprint density at radius 3 is 1.89 bits per heavy atom. The number of fused-ring (bicyclic) bond motifs is 8. The van der Waals surface area contributed by atoms with Gasteiger partial charge < -0.3 is 20.6 Å². The molecule has 0 fully saturated rings. The normalized spacial score (nSPS) is 25.3. The largest absolute Gasteiger partial charge is 0.375 e. The monoisotopic (exact) mass is 482 g/mol. The van der Waals surface area contributed by atoms with Gasteiger partial charge in [-0.1, -0.05) is 47.6 Å². The van der Waals surface area contributed by atoms with Crippen LogP contribution in [-0.4, -0.2) is 22.1 Å². The minimum Gasteiger partial charge on any atom is -0.375 e. The highest BCUT2D eigenvalue weighted by atomic mass is 15.0.